The number of ether oxygens (including phenoxy) is 1. The topological polar surface area (TPSA) is 24.5 Å². The van der Waals surface area contributed by atoms with E-state index in [1.54, 1.807) is 7.11 Å². The molecule has 1 aromatic carbocycles. The Hall–Kier alpha value is -0.480. The Morgan fingerprint density at radius 1 is 1.17 bits per heavy atom. The molecule has 0 radical (unpaired) electrons. The van der Waals surface area contributed by atoms with E-state index in [1.165, 1.54) is 5.56 Å². The molecule has 0 spiro atoms. The minimum atomic E-state index is 0. The molecule has 1 aliphatic rings. The van der Waals surface area contributed by atoms with Crippen LogP contribution in [0.25, 0.3) is 0 Å². The molecule has 0 bridgehead atoms. The summed E-state index contributed by atoms with van der Waals surface area (Å²) in [6.07, 6.45) is 0. The van der Waals surface area contributed by atoms with E-state index < -0.39 is 0 Å². The predicted molar refractivity (Wildman–Crippen MR) is 80.3 cm³/mol. The third-order valence-corrected chi connectivity index (χ3v) is 3.29. The molecule has 5 heteroatoms. The monoisotopic (exact) mass is 292 g/mol. The van der Waals surface area contributed by atoms with E-state index in [4.69, 9.17) is 4.74 Å². The lowest BCUT2D eigenvalue weighted by Gasteiger charge is -2.33. The highest BCUT2D eigenvalue weighted by Gasteiger charge is 2.20. The van der Waals surface area contributed by atoms with Crippen molar-refractivity contribution in [2.45, 2.75) is 13.0 Å². The van der Waals surface area contributed by atoms with Crippen LogP contribution in [-0.2, 0) is 0 Å². The summed E-state index contributed by atoms with van der Waals surface area (Å²) < 4.78 is 5.41. The van der Waals surface area contributed by atoms with Crippen molar-refractivity contribution in [1.82, 2.24) is 10.2 Å². The van der Waals surface area contributed by atoms with Crippen LogP contribution in [0.15, 0.2) is 24.3 Å². The molecule has 0 unspecified atom stereocenters. The second-order valence-electron chi connectivity index (χ2n) is 4.20. The fourth-order valence-electron chi connectivity index (χ4n) is 2.28. The Morgan fingerprint density at radius 3 is 2.39 bits per heavy atom. The van der Waals surface area contributed by atoms with Crippen LogP contribution in [0.5, 0.6) is 5.75 Å². The summed E-state index contributed by atoms with van der Waals surface area (Å²) in [5.74, 6) is 0.994. The molecule has 18 heavy (non-hydrogen) atoms. The molecule has 1 fully saturated rings. The molecule has 2 rings (SSSR count). The Labute approximate surface area is 122 Å². The van der Waals surface area contributed by atoms with Gasteiger partial charge in [-0.2, -0.15) is 0 Å². The first-order chi connectivity index (χ1) is 7.83. The number of methoxy groups -OCH3 is 1. The number of benzene rings is 1. The first kappa shape index (κ1) is 17.5. The lowest BCUT2D eigenvalue weighted by atomic mass is 10.1. The van der Waals surface area contributed by atoms with Crippen molar-refractivity contribution < 1.29 is 4.74 Å². The fraction of sp³-hybridized carbons (Fsp3) is 0.538. The number of piperazine rings is 1. The van der Waals surface area contributed by atoms with E-state index in [-0.39, 0.29) is 24.8 Å². The van der Waals surface area contributed by atoms with E-state index in [9.17, 15) is 0 Å². The summed E-state index contributed by atoms with van der Waals surface area (Å²) in [7, 11) is 1.74. The molecule has 0 amide bonds. The quantitative estimate of drug-likeness (QED) is 0.926. The number of para-hydroxylation sites is 1. The lowest BCUT2D eigenvalue weighted by Crippen LogP contribution is -2.44. The van der Waals surface area contributed by atoms with Gasteiger partial charge in [-0.25, -0.2) is 0 Å². The molecular weight excluding hydrogens is 271 g/mol. The number of nitrogens with one attached hydrogen (secondary N) is 1. The van der Waals surface area contributed by atoms with Crippen LogP contribution in [0.2, 0.25) is 0 Å². The summed E-state index contributed by atoms with van der Waals surface area (Å²) in [6.45, 7) is 6.64. The normalized spacial score (nSPS) is 17.2. The first-order valence-electron chi connectivity index (χ1n) is 5.90. The molecule has 104 valence electrons. The second kappa shape index (κ2) is 8.59. The molecule has 1 heterocycles. The Morgan fingerprint density at radius 2 is 1.78 bits per heavy atom. The molecule has 1 N–H and O–H groups in total. The third kappa shape index (κ3) is 4.02. The smallest absolute Gasteiger partial charge is 0.123 e. The van der Waals surface area contributed by atoms with E-state index in [2.05, 4.69) is 29.3 Å². The van der Waals surface area contributed by atoms with Gasteiger partial charge in [0.05, 0.1) is 7.11 Å². The number of hydrogen-bond acceptors (Lipinski definition) is 3. The van der Waals surface area contributed by atoms with Gasteiger partial charge < -0.3 is 10.1 Å². The van der Waals surface area contributed by atoms with E-state index in [1.807, 2.05) is 12.1 Å². The number of hydrogen-bond donors (Lipinski definition) is 1. The number of rotatable bonds is 3. The van der Waals surface area contributed by atoms with Crippen molar-refractivity contribution in [2.75, 3.05) is 33.3 Å². The summed E-state index contributed by atoms with van der Waals surface area (Å²) >= 11 is 0. The van der Waals surface area contributed by atoms with E-state index >= 15 is 0 Å². The van der Waals surface area contributed by atoms with Crippen molar-refractivity contribution in [3.8, 4) is 5.75 Å². The zero-order chi connectivity index (χ0) is 11.4. The maximum Gasteiger partial charge on any atom is 0.123 e. The summed E-state index contributed by atoms with van der Waals surface area (Å²) in [5, 5.41) is 3.38. The molecule has 1 saturated heterocycles. The Kier molecular flexibility index (Phi) is 8.36. The van der Waals surface area contributed by atoms with Crippen LogP contribution >= 0.6 is 24.8 Å². The summed E-state index contributed by atoms with van der Waals surface area (Å²) in [6, 6.07) is 8.72. The predicted octanol–water partition coefficient (Wildman–Crippen LogP) is 2.51. The van der Waals surface area contributed by atoms with Crippen molar-refractivity contribution in [2.24, 2.45) is 0 Å². The minimum absolute atomic E-state index is 0. The van der Waals surface area contributed by atoms with Crippen LogP contribution in [-0.4, -0.2) is 38.2 Å². The van der Waals surface area contributed by atoms with Gasteiger partial charge in [-0.3, -0.25) is 4.90 Å². The fourth-order valence-corrected chi connectivity index (χ4v) is 2.28. The van der Waals surface area contributed by atoms with E-state index in [0.717, 1.165) is 31.9 Å². The van der Waals surface area contributed by atoms with Crippen LogP contribution in [0, 0.1) is 0 Å². The van der Waals surface area contributed by atoms with Crippen LogP contribution in [0.4, 0.5) is 0 Å². The highest BCUT2D eigenvalue weighted by Crippen LogP contribution is 2.28. The number of halogens is 2. The first-order valence-corrected chi connectivity index (χ1v) is 5.90. The van der Waals surface area contributed by atoms with Crippen LogP contribution < -0.4 is 10.1 Å². The molecule has 3 nitrogen and oxygen atoms in total. The van der Waals surface area contributed by atoms with E-state index in [0.29, 0.717) is 6.04 Å². The molecule has 1 atom stereocenters. The van der Waals surface area contributed by atoms with Crippen molar-refractivity contribution >= 4 is 24.8 Å². The largest absolute Gasteiger partial charge is 0.496 e. The Bertz CT molecular complexity index is 344. The summed E-state index contributed by atoms with van der Waals surface area (Å²) in [4.78, 5) is 2.49. The average molecular weight is 293 g/mol. The molecule has 0 aliphatic carbocycles. The van der Waals surface area contributed by atoms with Gasteiger partial charge in [0, 0.05) is 37.8 Å². The van der Waals surface area contributed by atoms with Gasteiger partial charge in [-0.05, 0) is 13.0 Å². The van der Waals surface area contributed by atoms with Crippen molar-refractivity contribution in [3.05, 3.63) is 29.8 Å². The minimum Gasteiger partial charge on any atom is -0.496 e. The highest BCUT2D eigenvalue weighted by atomic mass is 35.5. The Balaban J connectivity index is 0.00000144. The van der Waals surface area contributed by atoms with Gasteiger partial charge in [0.25, 0.3) is 0 Å². The van der Waals surface area contributed by atoms with Crippen LogP contribution in [0.1, 0.15) is 18.5 Å². The lowest BCUT2D eigenvalue weighted by molar-refractivity contribution is 0.182. The van der Waals surface area contributed by atoms with Gasteiger partial charge in [0.2, 0.25) is 0 Å². The maximum absolute atomic E-state index is 5.41. The highest BCUT2D eigenvalue weighted by molar-refractivity contribution is 5.85. The standard InChI is InChI=1S/C13H20N2O.2ClH/c1-11(15-9-7-14-8-10-15)12-5-3-4-6-13(12)16-2;;/h3-6,11,14H,7-10H2,1-2H3;2*1H/t11-;;/m0../s1. The SMILES string of the molecule is COc1ccccc1[C@H](C)N1CCNCC1.Cl.Cl. The third-order valence-electron chi connectivity index (χ3n) is 3.29. The van der Waals surface area contributed by atoms with Crippen LogP contribution in [0.3, 0.4) is 0 Å². The van der Waals surface area contributed by atoms with Crippen molar-refractivity contribution in [1.29, 1.82) is 0 Å². The average Bonchev–Trinajstić information content (AvgIpc) is 2.39. The van der Waals surface area contributed by atoms with Crippen molar-refractivity contribution in [3.63, 3.8) is 0 Å². The summed E-state index contributed by atoms with van der Waals surface area (Å²) in [5.41, 5.74) is 1.28. The zero-order valence-electron chi connectivity index (χ0n) is 10.9. The van der Waals surface area contributed by atoms with Gasteiger partial charge in [0.1, 0.15) is 5.75 Å². The zero-order valence-corrected chi connectivity index (χ0v) is 12.5. The van der Waals surface area contributed by atoms with Gasteiger partial charge in [-0.1, -0.05) is 18.2 Å². The maximum atomic E-state index is 5.41. The molecule has 1 aliphatic heterocycles. The second-order valence-corrected chi connectivity index (χ2v) is 4.20. The molecule has 0 aromatic heterocycles. The molecule has 0 saturated carbocycles. The van der Waals surface area contributed by atoms with Gasteiger partial charge in [-0.15, -0.1) is 24.8 Å². The number of nitrogens with zero attached hydrogens (tertiary/aromatic N) is 1. The van der Waals surface area contributed by atoms with Gasteiger partial charge >= 0.3 is 0 Å². The molecular formula is C13H22Cl2N2O. The van der Waals surface area contributed by atoms with Gasteiger partial charge in [0.15, 0.2) is 0 Å². The molecule has 1 aromatic rings.